The van der Waals surface area contributed by atoms with Gasteiger partial charge in [-0.3, -0.25) is 14.4 Å². The average Bonchev–Trinajstić information content (AvgIpc) is 2.85. The Hall–Kier alpha value is -2.95. The zero-order valence-electron chi connectivity index (χ0n) is 12.6. The lowest BCUT2D eigenvalue weighted by atomic mass is 9.94. The molecule has 2 N–H and O–H groups in total. The molecule has 0 spiro atoms. The van der Waals surface area contributed by atoms with Crippen molar-refractivity contribution in [3.63, 3.8) is 0 Å². The summed E-state index contributed by atoms with van der Waals surface area (Å²) in [4.78, 5) is 36.5. The van der Waals surface area contributed by atoms with E-state index >= 15 is 0 Å². The van der Waals surface area contributed by atoms with E-state index in [-0.39, 0.29) is 12.3 Å². The first-order valence-electron chi connectivity index (χ1n) is 7.34. The number of carbonyl (C=O) groups excluding carboxylic acids is 3. The van der Waals surface area contributed by atoms with Crippen LogP contribution in [0.5, 0.6) is 0 Å². The molecule has 23 heavy (non-hydrogen) atoms. The Balaban J connectivity index is 1.71. The number of anilines is 2. The molecule has 0 radical (unpaired) electrons. The zero-order chi connectivity index (χ0) is 16.4. The van der Waals surface area contributed by atoms with Crippen molar-refractivity contribution >= 4 is 29.0 Å². The second-order valence-electron chi connectivity index (χ2n) is 5.52. The van der Waals surface area contributed by atoms with Gasteiger partial charge < -0.3 is 10.6 Å². The number of para-hydroxylation sites is 2. The van der Waals surface area contributed by atoms with E-state index in [4.69, 9.17) is 0 Å². The lowest BCUT2D eigenvalue weighted by Gasteiger charge is -2.10. The van der Waals surface area contributed by atoms with Crippen molar-refractivity contribution in [1.29, 1.82) is 0 Å². The Bertz CT molecular complexity index is 798. The Morgan fingerprint density at radius 2 is 1.78 bits per heavy atom. The van der Waals surface area contributed by atoms with Crippen LogP contribution in [0, 0.1) is 6.92 Å². The molecule has 0 saturated carbocycles. The van der Waals surface area contributed by atoms with Crippen LogP contribution in [0.3, 0.4) is 0 Å². The van der Waals surface area contributed by atoms with Crippen molar-refractivity contribution in [1.82, 2.24) is 0 Å². The van der Waals surface area contributed by atoms with Gasteiger partial charge in [-0.2, -0.15) is 0 Å². The summed E-state index contributed by atoms with van der Waals surface area (Å²) >= 11 is 0. The number of fused-ring (bicyclic) bond motifs is 1. The molecule has 0 aliphatic carbocycles. The molecule has 1 aliphatic rings. The molecule has 1 heterocycles. The molecule has 116 valence electrons. The normalized spacial score (nSPS) is 15.7. The van der Waals surface area contributed by atoms with Crippen LogP contribution in [0.1, 0.15) is 23.5 Å². The summed E-state index contributed by atoms with van der Waals surface area (Å²) in [7, 11) is 0. The van der Waals surface area contributed by atoms with Gasteiger partial charge in [0.15, 0.2) is 5.78 Å². The molecule has 0 bridgehead atoms. The highest BCUT2D eigenvalue weighted by Crippen LogP contribution is 2.33. The standard InChI is InChI=1S/C18H16N2O3/c1-11-6-2-4-8-13(11)19-16(22)10-15(21)17-12-7-3-5-9-14(12)20-18(17)23/h2-9,17H,10H2,1H3,(H,19,22)(H,20,23). The van der Waals surface area contributed by atoms with Crippen molar-refractivity contribution in [2.75, 3.05) is 10.6 Å². The van der Waals surface area contributed by atoms with Gasteiger partial charge in [0.2, 0.25) is 11.8 Å². The first kappa shape index (κ1) is 15.0. The molecule has 1 atom stereocenters. The minimum atomic E-state index is -0.908. The van der Waals surface area contributed by atoms with Crippen LogP contribution in [0.2, 0.25) is 0 Å². The van der Waals surface area contributed by atoms with Gasteiger partial charge in [0, 0.05) is 11.4 Å². The highest BCUT2D eigenvalue weighted by Gasteiger charge is 2.36. The number of ketones is 1. The maximum Gasteiger partial charge on any atom is 0.239 e. The van der Waals surface area contributed by atoms with Crippen LogP contribution < -0.4 is 10.6 Å². The second-order valence-corrected chi connectivity index (χ2v) is 5.52. The van der Waals surface area contributed by atoms with E-state index in [1.807, 2.05) is 25.1 Å². The highest BCUT2D eigenvalue weighted by molar-refractivity contribution is 6.20. The Labute approximate surface area is 133 Å². The molecule has 1 unspecified atom stereocenters. The van der Waals surface area contributed by atoms with Crippen molar-refractivity contribution < 1.29 is 14.4 Å². The number of carbonyl (C=O) groups is 3. The van der Waals surface area contributed by atoms with E-state index in [2.05, 4.69) is 10.6 Å². The van der Waals surface area contributed by atoms with Gasteiger partial charge in [-0.05, 0) is 30.2 Å². The molecule has 0 saturated heterocycles. The summed E-state index contributed by atoms with van der Waals surface area (Å²) in [5.74, 6) is -2.10. The minimum absolute atomic E-state index is 0.333. The van der Waals surface area contributed by atoms with Crippen LogP contribution in [0.4, 0.5) is 11.4 Å². The molecule has 0 aromatic heterocycles. The number of hydrogen-bond acceptors (Lipinski definition) is 3. The fourth-order valence-electron chi connectivity index (χ4n) is 2.70. The summed E-state index contributed by atoms with van der Waals surface area (Å²) < 4.78 is 0. The van der Waals surface area contributed by atoms with E-state index in [0.717, 1.165) is 5.56 Å². The predicted molar refractivity (Wildman–Crippen MR) is 87.2 cm³/mol. The van der Waals surface area contributed by atoms with E-state index in [0.29, 0.717) is 16.9 Å². The molecule has 3 rings (SSSR count). The summed E-state index contributed by atoms with van der Waals surface area (Å²) in [6.07, 6.45) is -0.333. The molecule has 2 amide bonds. The monoisotopic (exact) mass is 308 g/mol. The summed E-state index contributed by atoms with van der Waals surface area (Å²) in [6.45, 7) is 1.87. The third-order valence-electron chi connectivity index (χ3n) is 3.87. The lowest BCUT2D eigenvalue weighted by Crippen LogP contribution is -2.25. The number of hydrogen-bond donors (Lipinski definition) is 2. The van der Waals surface area contributed by atoms with Gasteiger partial charge in [0.05, 0.1) is 6.42 Å². The predicted octanol–water partition coefficient (Wildman–Crippen LogP) is 2.63. The number of benzene rings is 2. The van der Waals surface area contributed by atoms with Crippen molar-refractivity contribution in [2.24, 2.45) is 0 Å². The number of Topliss-reactive ketones (excluding diaryl/α,β-unsaturated/α-hetero) is 1. The Kier molecular flexibility index (Phi) is 3.93. The second kappa shape index (κ2) is 6.04. The van der Waals surface area contributed by atoms with Crippen molar-refractivity contribution in [3.05, 3.63) is 59.7 Å². The van der Waals surface area contributed by atoms with Crippen molar-refractivity contribution in [2.45, 2.75) is 19.3 Å². The summed E-state index contributed by atoms with van der Waals surface area (Å²) in [6, 6.07) is 14.4. The van der Waals surface area contributed by atoms with Gasteiger partial charge in [-0.15, -0.1) is 0 Å². The number of rotatable bonds is 4. The summed E-state index contributed by atoms with van der Waals surface area (Å²) in [5.41, 5.74) is 2.85. The third-order valence-corrected chi connectivity index (χ3v) is 3.87. The molecule has 0 fully saturated rings. The highest BCUT2D eigenvalue weighted by atomic mass is 16.2. The van der Waals surface area contributed by atoms with E-state index in [1.54, 1.807) is 30.3 Å². The fourth-order valence-corrected chi connectivity index (χ4v) is 2.70. The van der Waals surface area contributed by atoms with E-state index in [1.165, 1.54) is 0 Å². The number of nitrogens with one attached hydrogen (secondary N) is 2. The molecule has 5 heteroatoms. The third kappa shape index (κ3) is 2.99. The quantitative estimate of drug-likeness (QED) is 0.853. The SMILES string of the molecule is Cc1ccccc1NC(=O)CC(=O)C1C(=O)Nc2ccccc21. The molecule has 5 nitrogen and oxygen atoms in total. The van der Waals surface area contributed by atoms with Gasteiger partial charge in [-0.25, -0.2) is 0 Å². The van der Waals surface area contributed by atoms with Gasteiger partial charge in [0.25, 0.3) is 0 Å². The Morgan fingerprint density at radius 3 is 2.57 bits per heavy atom. The topological polar surface area (TPSA) is 75.3 Å². The van der Waals surface area contributed by atoms with Crippen LogP contribution in [-0.2, 0) is 14.4 Å². The number of amides is 2. The maximum atomic E-state index is 12.4. The zero-order valence-corrected chi connectivity index (χ0v) is 12.6. The molecular formula is C18H16N2O3. The van der Waals surface area contributed by atoms with Gasteiger partial charge >= 0.3 is 0 Å². The first-order chi connectivity index (χ1) is 11.1. The minimum Gasteiger partial charge on any atom is -0.325 e. The first-order valence-corrected chi connectivity index (χ1v) is 7.34. The molecular weight excluding hydrogens is 292 g/mol. The van der Waals surface area contributed by atoms with Crippen LogP contribution >= 0.6 is 0 Å². The van der Waals surface area contributed by atoms with E-state index < -0.39 is 17.6 Å². The number of aryl methyl sites for hydroxylation is 1. The van der Waals surface area contributed by atoms with Crippen LogP contribution in [0.15, 0.2) is 48.5 Å². The lowest BCUT2D eigenvalue weighted by molar-refractivity contribution is -0.129. The van der Waals surface area contributed by atoms with Crippen LogP contribution in [0.25, 0.3) is 0 Å². The summed E-state index contributed by atoms with van der Waals surface area (Å²) in [5, 5.41) is 5.38. The largest absolute Gasteiger partial charge is 0.325 e. The van der Waals surface area contributed by atoms with Gasteiger partial charge in [0.1, 0.15) is 5.92 Å². The Morgan fingerprint density at radius 1 is 1.09 bits per heavy atom. The average molecular weight is 308 g/mol. The maximum absolute atomic E-state index is 12.4. The van der Waals surface area contributed by atoms with Gasteiger partial charge in [-0.1, -0.05) is 36.4 Å². The fraction of sp³-hybridized carbons (Fsp3) is 0.167. The molecule has 2 aromatic carbocycles. The van der Waals surface area contributed by atoms with Crippen LogP contribution in [-0.4, -0.2) is 17.6 Å². The molecule has 2 aromatic rings. The smallest absolute Gasteiger partial charge is 0.239 e. The van der Waals surface area contributed by atoms with E-state index in [9.17, 15) is 14.4 Å². The van der Waals surface area contributed by atoms with Crippen molar-refractivity contribution in [3.8, 4) is 0 Å². The molecule has 1 aliphatic heterocycles.